The minimum absolute atomic E-state index is 0.0947. The topological polar surface area (TPSA) is 46.1 Å². The minimum Gasteiger partial charge on any atom is -0.350 e. The van der Waals surface area contributed by atoms with E-state index in [0.717, 1.165) is 12.2 Å². The Balaban J connectivity index is 2.36. The molecule has 0 aliphatic carbocycles. The first-order chi connectivity index (χ1) is 8.04. The average molecular weight is 237 g/mol. The molecule has 1 heterocycles. The van der Waals surface area contributed by atoms with Crippen LogP contribution in [0, 0.1) is 6.92 Å². The molecule has 2 N–H and O–H groups in total. The number of carbonyl (C=O) groups is 1. The van der Waals surface area contributed by atoms with Crippen LogP contribution in [-0.4, -0.2) is 23.1 Å². The lowest BCUT2D eigenvalue weighted by Gasteiger charge is -2.12. The number of hydrogen-bond donors (Lipinski definition) is 2. The standard InChI is InChI=1S/C13H23N3O/c1-5-14-10(2)8-13(17)15-9-12-7-6-11(3)16(12)4/h6-7,10,14H,5,8-9H2,1-4H3,(H,15,17). The lowest BCUT2D eigenvalue weighted by molar-refractivity contribution is -0.121. The Labute approximate surface area is 103 Å². The number of aryl methyl sites for hydroxylation is 1. The molecule has 96 valence electrons. The van der Waals surface area contributed by atoms with Crippen molar-refractivity contribution >= 4 is 5.91 Å². The zero-order valence-corrected chi connectivity index (χ0v) is 11.2. The zero-order chi connectivity index (χ0) is 12.8. The molecule has 0 fully saturated rings. The first-order valence-electron chi connectivity index (χ1n) is 6.15. The van der Waals surface area contributed by atoms with Gasteiger partial charge in [0.05, 0.1) is 6.54 Å². The fourth-order valence-electron chi connectivity index (χ4n) is 1.80. The first-order valence-corrected chi connectivity index (χ1v) is 6.15. The molecule has 1 unspecified atom stereocenters. The van der Waals surface area contributed by atoms with E-state index in [2.05, 4.69) is 28.2 Å². The Morgan fingerprint density at radius 3 is 2.71 bits per heavy atom. The third-order valence-electron chi connectivity index (χ3n) is 2.99. The normalized spacial score (nSPS) is 12.5. The van der Waals surface area contributed by atoms with Gasteiger partial charge in [-0.25, -0.2) is 0 Å². The molecule has 4 heteroatoms. The van der Waals surface area contributed by atoms with Gasteiger partial charge in [0.25, 0.3) is 0 Å². The van der Waals surface area contributed by atoms with Crippen LogP contribution in [0.3, 0.4) is 0 Å². The summed E-state index contributed by atoms with van der Waals surface area (Å²) < 4.78 is 2.09. The Morgan fingerprint density at radius 2 is 2.18 bits per heavy atom. The van der Waals surface area contributed by atoms with Crippen LogP contribution >= 0.6 is 0 Å². The van der Waals surface area contributed by atoms with Gasteiger partial charge >= 0.3 is 0 Å². The van der Waals surface area contributed by atoms with Crippen LogP contribution in [0.4, 0.5) is 0 Å². The van der Waals surface area contributed by atoms with Gasteiger partial charge in [-0.3, -0.25) is 4.79 Å². The van der Waals surface area contributed by atoms with Crippen LogP contribution in [0.25, 0.3) is 0 Å². The zero-order valence-electron chi connectivity index (χ0n) is 11.2. The molecule has 0 aromatic carbocycles. The maximum Gasteiger partial charge on any atom is 0.221 e. The highest BCUT2D eigenvalue weighted by atomic mass is 16.1. The summed E-state index contributed by atoms with van der Waals surface area (Å²) in [5, 5.41) is 6.17. The van der Waals surface area contributed by atoms with Gasteiger partial charge in [0.2, 0.25) is 5.91 Å². The second-order valence-electron chi connectivity index (χ2n) is 4.46. The summed E-state index contributed by atoms with van der Waals surface area (Å²) >= 11 is 0. The smallest absolute Gasteiger partial charge is 0.221 e. The average Bonchev–Trinajstić information content (AvgIpc) is 2.57. The van der Waals surface area contributed by atoms with E-state index in [1.54, 1.807) is 0 Å². The SMILES string of the molecule is CCNC(C)CC(=O)NCc1ccc(C)n1C. The van der Waals surface area contributed by atoms with Crippen LogP contribution in [0.1, 0.15) is 31.7 Å². The fraction of sp³-hybridized carbons (Fsp3) is 0.615. The lowest BCUT2D eigenvalue weighted by atomic mass is 10.2. The molecule has 0 spiro atoms. The molecule has 0 radical (unpaired) electrons. The maximum absolute atomic E-state index is 11.7. The number of hydrogen-bond acceptors (Lipinski definition) is 2. The summed E-state index contributed by atoms with van der Waals surface area (Å²) in [5.74, 6) is 0.0947. The van der Waals surface area contributed by atoms with E-state index in [9.17, 15) is 4.79 Å². The number of nitrogens with one attached hydrogen (secondary N) is 2. The predicted molar refractivity (Wildman–Crippen MR) is 69.8 cm³/mol. The summed E-state index contributed by atoms with van der Waals surface area (Å²) in [4.78, 5) is 11.7. The van der Waals surface area contributed by atoms with Crippen molar-refractivity contribution in [2.75, 3.05) is 6.54 Å². The lowest BCUT2D eigenvalue weighted by Crippen LogP contribution is -2.33. The minimum atomic E-state index is 0.0947. The number of rotatable bonds is 6. The monoisotopic (exact) mass is 237 g/mol. The second-order valence-corrected chi connectivity index (χ2v) is 4.46. The highest BCUT2D eigenvalue weighted by Gasteiger charge is 2.08. The van der Waals surface area contributed by atoms with E-state index in [-0.39, 0.29) is 11.9 Å². The molecular formula is C13H23N3O. The van der Waals surface area contributed by atoms with Crippen molar-refractivity contribution in [3.8, 4) is 0 Å². The van der Waals surface area contributed by atoms with Gasteiger partial charge in [-0.1, -0.05) is 6.92 Å². The summed E-state index contributed by atoms with van der Waals surface area (Å²) in [6.45, 7) is 7.61. The molecule has 1 amide bonds. The van der Waals surface area contributed by atoms with Gasteiger partial charge in [-0.2, -0.15) is 0 Å². The van der Waals surface area contributed by atoms with Crippen molar-refractivity contribution < 1.29 is 4.79 Å². The van der Waals surface area contributed by atoms with Gasteiger partial charge in [-0.05, 0) is 32.5 Å². The molecule has 0 bridgehead atoms. The molecule has 0 aliphatic heterocycles. The number of aromatic nitrogens is 1. The van der Waals surface area contributed by atoms with Crippen LogP contribution in [0.15, 0.2) is 12.1 Å². The molecule has 1 rings (SSSR count). The summed E-state index contributed by atoms with van der Waals surface area (Å²) in [5.41, 5.74) is 2.34. The van der Waals surface area contributed by atoms with E-state index >= 15 is 0 Å². The highest BCUT2D eigenvalue weighted by molar-refractivity contribution is 5.76. The molecular weight excluding hydrogens is 214 g/mol. The molecule has 17 heavy (non-hydrogen) atoms. The van der Waals surface area contributed by atoms with Gasteiger partial charge in [0.15, 0.2) is 0 Å². The van der Waals surface area contributed by atoms with Crippen molar-refractivity contribution in [2.24, 2.45) is 7.05 Å². The van der Waals surface area contributed by atoms with Crippen LogP contribution in [0.5, 0.6) is 0 Å². The van der Waals surface area contributed by atoms with Crippen molar-refractivity contribution in [1.29, 1.82) is 0 Å². The Bertz CT molecular complexity index is 371. The summed E-state index contributed by atoms with van der Waals surface area (Å²) in [7, 11) is 2.01. The van der Waals surface area contributed by atoms with Crippen molar-refractivity contribution in [3.63, 3.8) is 0 Å². The van der Waals surface area contributed by atoms with Gasteiger partial charge in [-0.15, -0.1) is 0 Å². The Morgan fingerprint density at radius 1 is 1.47 bits per heavy atom. The largest absolute Gasteiger partial charge is 0.350 e. The molecule has 0 saturated carbocycles. The van der Waals surface area contributed by atoms with Gasteiger partial charge in [0.1, 0.15) is 0 Å². The van der Waals surface area contributed by atoms with Gasteiger partial charge in [0, 0.05) is 30.9 Å². The van der Waals surface area contributed by atoms with Crippen LogP contribution in [-0.2, 0) is 18.4 Å². The van der Waals surface area contributed by atoms with E-state index < -0.39 is 0 Å². The van der Waals surface area contributed by atoms with E-state index in [1.165, 1.54) is 5.69 Å². The fourth-order valence-corrected chi connectivity index (χ4v) is 1.80. The molecule has 1 aromatic rings. The number of amides is 1. The Kier molecular flexibility index (Phi) is 5.22. The quantitative estimate of drug-likeness (QED) is 0.784. The second kappa shape index (κ2) is 6.45. The van der Waals surface area contributed by atoms with Crippen LogP contribution < -0.4 is 10.6 Å². The van der Waals surface area contributed by atoms with Crippen LogP contribution in [0.2, 0.25) is 0 Å². The van der Waals surface area contributed by atoms with Gasteiger partial charge < -0.3 is 15.2 Å². The molecule has 1 atom stereocenters. The Hall–Kier alpha value is -1.29. The van der Waals surface area contributed by atoms with Crippen molar-refractivity contribution in [1.82, 2.24) is 15.2 Å². The van der Waals surface area contributed by atoms with Crippen molar-refractivity contribution in [2.45, 2.75) is 39.8 Å². The number of carbonyl (C=O) groups excluding carboxylic acids is 1. The molecule has 4 nitrogen and oxygen atoms in total. The first kappa shape index (κ1) is 13.8. The molecule has 0 aliphatic rings. The third kappa shape index (κ3) is 4.23. The van der Waals surface area contributed by atoms with E-state index in [4.69, 9.17) is 0 Å². The maximum atomic E-state index is 11.7. The predicted octanol–water partition coefficient (Wildman–Crippen LogP) is 1.34. The third-order valence-corrected chi connectivity index (χ3v) is 2.99. The highest BCUT2D eigenvalue weighted by Crippen LogP contribution is 2.05. The number of nitrogens with zero attached hydrogens (tertiary/aromatic N) is 1. The van der Waals surface area contributed by atoms with Crippen molar-refractivity contribution in [3.05, 3.63) is 23.5 Å². The summed E-state index contributed by atoms with van der Waals surface area (Å²) in [6.07, 6.45) is 0.525. The molecule has 0 saturated heterocycles. The summed E-state index contributed by atoms with van der Waals surface area (Å²) in [6, 6.07) is 4.33. The molecule has 1 aromatic heterocycles. The van der Waals surface area contributed by atoms with E-state index in [1.807, 2.05) is 27.0 Å². The van der Waals surface area contributed by atoms with E-state index in [0.29, 0.717) is 13.0 Å².